The molecule has 0 spiro atoms. The van der Waals surface area contributed by atoms with E-state index in [9.17, 15) is 14.9 Å². The first kappa shape index (κ1) is 18.9. The first-order chi connectivity index (χ1) is 12.4. The molecule has 2 aromatic rings. The number of rotatable bonds is 7. The van der Waals surface area contributed by atoms with Crippen LogP contribution >= 0.6 is 0 Å². The van der Waals surface area contributed by atoms with Gasteiger partial charge in [-0.3, -0.25) is 14.9 Å². The summed E-state index contributed by atoms with van der Waals surface area (Å²) in [5.74, 6) is 0.281. The van der Waals surface area contributed by atoms with Gasteiger partial charge in [-0.15, -0.1) is 0 Å². The van der Waals surface area contributed by atoms with Gasteiger partial charge in [0.05, 0.1) is 30.0 Å². The number of para-hydroxylation sites is 2. The summed E-state index contributed by atoms with van der Waals surface area (Å²) in [5.41, 5.74) is 4.74. The van der Waals surface area contributed by atoms with E-state index < -0.39 is 4.92 Å². The van der Waals surface area contributed by atoms with Gasteiger partial charge in [0, 0.05) is 17.2 Å². The third-order valence-electron chi connectivity index (χ3n) is 3.72. The van der Waals surface area contributed by atoms with E-state index in [2.05, 4.69) is 15.8 Å². The zero-order valence-corrected chi connectivity index (χ0v) is 14.8. The molecule has 136 valence electrons. The van der Waals surface area contributed by atoms with E-state index in [1.54, 1.807) is 45.2 Å². The Morgan fingerprint density at radius 2 is 2.00 bits per heavy atom. The van der Waals surface area contributed by atoms with Gasteiger partial charge in [0.15, 0.2) is 0 Å². The molecular weight excluding hydrogens is 336 g/mol. The van der Waals surface area contributed by atoms with Crippen LogP contribution in [0.4, 0.5) is 11.4 Å². The molecule has 0 saturated carbocycles. The lowest BCUT2D eigenvalue weighted by molar-refractivity contribution is -0.385. The molecule has 0 aliphatic rings. The average molecular weight is 356 g/mol. The number of aryl methyl sites for hydroxylation is 1. The van der Waals surface area contributed by atoms with Crippen molar-refractivity contribution in [2.24, 2.45) is 5.10 Å². The maximum atomic E-state index is 12.0. The summed E-state index contributed by atoms with van der Waals surface area (Å²) in [6.45, 7) is 3.34. The van der Waals surface area contributed by atoms with Gasteiger partial charge in [0.1, 0.15) is 5.75 Å². The minimum Gasteiger partial charge on any atom is -0.495 e. The van der Waals surface area contributed by atoms with E-state index in [4.69, 9.17) is 4.74 Å². The quantitative estimate of drug-likeness (QED) is 0.451. The summed E-state index contributed by atoms with van der Waals surface area (Å²) in [5, 5.41) is 18.0. The van der Waals surface area contributed by atoms with Gasteiger partial charge in [-0.2, -0.15) is 5.10 Å². The van der Waals surface area contributed by atoms with Crippen molar-refractivity contribution in [3.8, 4) is 5.75 Å². The predicted octanol–water partition coefficient (Wildman–Crippen LogP) is 2.86. The number of nitrogens with zero attached hydrogens (tertiary/aromatic N) is 2. The van der Waals surface area contributed by atoms with E-state index in [0.29, 0.717) is 28.3 Å². The van der Waals surface area contributed by atoms with Crippen molar-refractivity contribution in [2.75, 3.05) is 19.0 Å². The first-order valence-corrected chi connectivity index (χ1v) is 7.87. The van der Waals surface area contributed by atoms with Crippen LogP contribution in [0.3, 0.4) is 0 Å². The van der Waals surface area contributed by atoms with Crippen LogP contribution in [0.5, 0.6) is 5.75 Å². The zero-order valence-electron chi connectivity index (χ0n) is 14.8. The number of nitro benzene ring substituents is 1. The molecule has 0 bridgehead atoms. The fourth-order valence-corrected chi connectivity index (χ4v) is 2.25. The molecule has 0 aromatic heterocycles. The second-order valence-electron chi connectivity index (χ2n) is 5.54. The number of carbonyl (C=O) groups is 1. The predicted molar refractivity (Wildman–Crippen MR) is 99.7 cm³/mol. The highest BCUT2D eigenvalue weighted by Gasteiger charge is 2.12. The molecular formula is C18H20N4O4. The SMILES string of the molecule is COc1ccccc1NCC(=O)N/N=C(/C)c1ccc(C)c([N+](=O)[O-])c1. The Balaban J connectivity index is 1.99. The Morgan fingerprint density at radius 3 is 2.69 bits per heavy atom. The maximum absolute atomic E-state index is 12.0. The number of amides is 1. The monoisotopic (exact) mass is 356 g/mol. The molecule has 0 aliphatic carbocycles. The van der Waals surface area contributed by atoms with Gasteiger partial charge < -0.3 is 10.1 Å². The Hall–Kier alpha value is -3.42. The van der Waals surface area contributed by atoms with Crippen LogP contribution in [0.2, 0.25) is 0 Å². The van der Waals surface area contributed by atoms with Crippen molar-refractivity contribution in [3.05, 3.63) is 63.7 Å². The highest BCUT2D eigenvalue weighted by Crippen LogP contribution is 2.22. The number of hydrogen-bond acceptors (Lipinski definition) is 6. The lowest BCUT2D eigenvalue weighted by Crippen LogP contribution is -2.26. The molecule has 0 heterocycles. The molecule has 0 atom stereocenters. The molecule has 0 saturated heterocycles. The normalized spacial score (nSPS) is 11.0. The van der Waals surface area contributed by atoms with Crippen LogP contribution in [0.25, 0.3) is 0 Å². The van der Waals surface area contributed by atoms with Crippen molar-refractivity contribution in [3.63, 3.8) is 0 Å². The summed E-state index contributed by atoms with van der Waals surface area (Å²) in [4.78, 5) is 22.5. The summed E-state index contributed by atoms with van der Waals surface area (Å²) in [6.07, 6.45) is 0. The zero-order chi connectivity index (χ0) is 19.1. The number of hydrazone groups is 1. The average Bonchev–Trinajstić information content (AvgIpc) is 2.64. The highest BCUT2D eigenvalue weighted by atomic mass is 16.6. The van der Waals surface area contributed by atoms with Crippen LogP contribution < -0.4 is 15.5 Å². The fourth-order valence-electron chi connectivity index (χ4n) is 2.25. The first-order valence-electron chi connectivity index (χ1n) is 7.87. The van der Waals surface area contributed by atoms with E-state index >= 15 is 0 Å². The van der Waals surface area contributed by atoms with E-state index in [1.165, 1.54) is 6.07 Å². The van der Waals surface area contributed by atoms with Gasteiger partial charge in [-0.1, -0.05) is 24.3 Å². The molecule has 0 aliphatic heterocycles. The molecule has 8 heteroatoms. The minimum atomic E-state index is -0.443. The Bertz CT molecular complexity index is 849. The third-order valence-corrected chi connectivity index (χ3v) is 3.72. The molecule has 8 nitrogen and oxygen atoms in total. The van der Waals surface area contributed by atoms with Crippen LogP contribution in [-0.2, 0) is 4.79 Å². The van der Waals surface area contributed by atoms with Gasteiger partial charge in [0.25, 0.3) is 11.6 Å². The maximum Gasteiger partial charge on any atom is 0.272 e. The molecule has 0 radical (unpaired) electrons. The summed E-state index contributed by atoms with van der Waals surface area (Å²) < 4.78 is 5.20. The number of carbonyl (C=O) groups excluding carboxylic acids is 1. The minimum absolute atomic E-state index is 0.00516. The van der Waals surface area contributed by atoms with Gasteiger partial charge in [0.2, 0.25) is 0 Å². The van der Waals surface area contributed by atoms with Crippen molar-refractivity contribution >= 4 is 23.0 Å². The topological polar surface area (TPSA) is 106 Å². The van der Waals surface area contributed by atoms with E-state index in [1.807, 2.05) is 12.1 Å². The molecule has 2 aromatic carbocycles. The van der Waals surface area contributed by atoms with Crippen molar-refractivity contribution in [2.45, 2.75) is 13.8 Å². The number of methoxy groups -OCH3 is 1. The molecule has 26 heavy (non-hydrogen) atoms. The number of nitro groups is 1. The number of hydrogen-bond donors (Lipinski definition) is 2. The van der Waals surface area contributed by atoms with Crippen LogP contribution in [0, 0.1) is 17.0 Å². The van der Waals surface area contributed by atoms with E-state index in [0.717, 1.165) is 0 Å². The van der Waals surface area contributed by atoms with Crippen molar-refractivity contribution in [1.82, 2.24) is 5.43 Å². The largest absolute Gasteiger partial charge is 0.495 e. The molecule has 0 unspecified atom stereocenters. The third kappa shape index (κ3) is 4.79. The Kier molecular flexibility index (Phi) is 6.26. The molecule has 2 N–H and O–H groups in total. The lowest BCUT2D eigenvalue weighted by Gasteiger charge is -2.10. The number of benzene rings is 2. The van der Waals surface area contributed by atoms with Crippen molar-refractivity contribution in [1.29, 1.82) is 0 Å². The van der Waals surface area contributed by atoms with Crippen molar-refractivity contribution < 1.29 is 14.5 Å². The number of ether oxygens (including phenoxy) is 1. The Morgan fingerprint density at radius 1 is 1.27 bits per heavy atom. The smallest absolute Gasteiger partial charge is 0.272 e. The van der Waals surface area contributed by atoms with Gasteiger partial charge in [-0.25, -0.2) is 5.43 Å². The second kappa shape index (κ2) is 8.61. The summed E-state index contributed by atoms with van der Waals surface area (Å²) in [6, 6.07) is 12.1. The van der Waals surface area contributed by atoms with Gasteiger partial charge in [-0.05, 0) is 26.0 Å². The molecule has 0 fully saturated rings. The fraction of sp³-hybridized carbons (Fsp3) is 0.222. The second-order valence-corrected chi connectivity index (χ2v) is 5.54. The van der Waals surface area contributed by atoms with Gasteiger partial charge >= 0.3 is 0 Å². The Labute approximate surface area is 151 Å². The molecule has 1 amide bonds. The van der Waals surface area contributed by atoms with Crippen LogP contribution in [-0.4, -0.2) is 30.2 Å². The highest BCUT2D eigenvalue weighted by molar-refractivity contribution is 6.00. The summed E-state index contributed by atoms with van der Waals surface area (Å²) >= 11 is 0. The standard InChI is InChI=1S/C18H20N4O4/c1-12-8-9-14(10-16(12)22(24)25)13(2)20-21-18(23)11-19-15-6-4-5-7-17(15)26-3/h4-10,19H,11H2,1-3H3,(H,21,23)/b20-13-. The lowest BCUT2D eigenvalue weighted by atomic mass is 10.1. The molecule has 2 rings (SSSR count). The summed E-state index contributed by atoms with van der Waals surface area (Å²) in [7, 11) is 1.55. The van der Waals surface area contributed by atoms with Crippen LogP contribution in [0.15, 0.2) is 47.6 Å². The number of anilines is 1. The van der Waals surface area contributed by atoms with E-state index in [-0.39, 0.29) is 18.1 Å². The van der Waals surface area contributed by atoms with Crippen LogP contribution in [0.1, 0.15) is 18.1 Å². The number of nitrogens with one attached hydrogen (secondary N) is 2.